The fourth-order valence-corrected chi connectivity index (χ4v) is 5.05. The van der Waals surface area contributed by atoms with Gasteiger partial charge in [-0.15, -0.1) is 16.4 Å². The molecule has 0 bridgehead atoms. The Morgan fingerprint density at radius 2 is 2.13 bits per heavy atom. The molecule has 0 radical (unpaired) electrons. The second kappa shape index (κ2) is 9.32. The SMILES string of the molecule is CCCCN1C(=O)CS/C1=N\NC(=O)Cc1csc2nc(-c3ccc(Br)cc3)cn12. The van der Waals surface area contributed by atoms with E-state index >= 15 is 0 Å². The van der Waals surface area contributed by atoms with Crippen LogP contribution < -0.4 is 5.43 Å². The number of nitrogens with zero attached hydrogens (tertiary/aromatic N) is 4. The first-order chi connectivity index (χ1) is 14.5. The second-order valence-electron chi connectivity index (χ2n) is 6.81. The minimum absolute atomic E-state index is 0.0416. The number of hydrogen-bond donors (Lipinski definition) is 1. The molecule has 0 atom stereocenters. The van der Waals surface area contributed by atoms with Crippen LogP contribution in [0.4, 0.5) is 0 Å². The van der Waals surface area contributed by atoms with Gasteiger partial charge in [-0.3, -0.25) is 18.9 Å². The number of imidazole rings is 1. The van der Waals surface area contributed by atoms with Crippen LogP contribution in [0.15, 0.2) is 45.4 Å². The third-order valence-electron chi connectivity index (χ3n) is 4.63. The third kappa shape index (κ3) is 4.60. The van der Waals surface area contributed by atoms with E-state index < -0.39 is 0 Å². The maximum Gasteiger partial charge on any atom is 0.246 e. The van der Waals surface area contributed by atoms with E-state index in [0.717, 1.165) is 39.2 Å². The molecule has 2 amide bonds. The normalized spacial score (nSPS) is 15.5. The summed E-state index contributed by atoms with van der Waals surface area (Å²) < 4.78 is 2.96. The lowest BCUT2D eigenvalue weighted by atomic mass is 10.2. The van der Waals surface area contributed by atoms with E-state index in [1.807, 2.05) is 40.2 Å². The molecular weight excluding hydrogens is 486 g/mol. The lowest BCUT2D eigenvalue weighted by Gasteiger charge is -2.14. The number of fused-ring (bicyclic) bond motifs is 1. The summed E-state index contributed by atoms with van der Waals surface area (Å²) >= 11 is 6.30. The largest absolute Gasteiger partial charge is 0.294 e. The van der Waals surface area contributed by atoms with Gasteiger partial charge in [0, 0.05) is 33.9 Å². The van der Waals surface area contributed by atoms with Crippen molar-refractivity contribution in [3.05, 3.63) is 46.0 Å². The van der Waals surface area contributed by atoms with Crippen LogP contribution in [0.5, 0.6) is 0 Å². The van der Waals surface area contributed by atoms with Crippen molar-refractivity contribution >= 4 is 61.0 Å². The fourth-order valence-electron chi connectivity index (χ4n) is 3.05. The highest BCUT2D eigenvalue weighted by Gasteiger charge is 2.27. The Morgan fingerprint density at radius 3 is 2.90 bits per heavy atom. The molecule has 1 saturated heterocycles. The van der Waals surface area contributed by atoms with E-state index in [4.69, 9.17) is 0 Å². The van der Waals surface area contributed by atoms with Crippen LogP contribution in [-0.4, -0.2) is 43.6 Å². The van der Waals surface area contributed by atoms with Crippen LogP contribution in [0.3, 0.4) is 0 Å². The number of benzene rings is 1. The first-order valence-electron chi connectivity index (χ1n) is 9.56. The Labute approximate surface area is 190 Å². The molecule has 10 heteroatoms. The molecule has 1 fully saturated rings. The average molecular weight is 506 g/mol. The summed E-state index contributed by atoms with van der Waals surface area (Å²) in [6.07, 6.45) is 4.03. The number of amides is 2. The minimum Gasteiger partial charge on any atom is -0.294 e. The molecule has 0 saturated carbocycles. The number of nitrogens with one attached hydrogen (secondary N) is 1. The third-order valence-corrected chi connectivity index (χ3v) is 7.01. The predicted molar refractivity (Wildman–Crippen MR) is 125 cm³/mol. The molecule has 1 aliphatic rings. The molecule has 30 heavy (non-hydrogen) atoms. The van der Waals surface area contributed by atoms with E-state index in [1.54, 1.807) is 4.90 Å². The van der Waals surface area contributed by atoms with Crippen LogP contribution in [0.2, 0.25) is 0 Å². The van der Waals surface area contributed by atoms with Gasteiger partial charge in [0.05, 0.1) is 17.9 Å². The van der Waals surface area contributed by atoms with Crippen molar-refractivity contribution < 1.29 is 9.59 Å². The van der Waals surface area contributed by atoms with Crippen LogP contribution >= 0.6 is 39.0 Å². The van der Waals surface area contributed by atoms with Gasteiger partial charge in [0.1, 0.15) is 0 Å². The first kappa shape index (κ1) is 21.1. The Balaban J connectivity index is 1.44. The van der Waals surface area contributed by atoms with Crippen molar-refractivity contribution in [1.29, 1.82) is 0 Å². The van der Waals surface area contributed by atoms with E-state index in [0.29, 0.717) is 17.5 Å². The molecule has 1 N–H and O–H groups in total. The Hall–Kier alpha value is -2.17. The zero-order valence-corrected chi connectivity index (χ0v) is 19.5. The molecule has 0 spiro atoms. The van der Waals surface area contributed by atoms with Crippen molar-refractivity contribution in [2.45, 2.75) is 26.2 Å². The van der Waals surface area contributed by atoms with Crippen LogP contribution in [-0.2, 0) is 16.0 Å². The first-order valence-corrected chi connectivity index (χ1v) is 12.2. The molecule has 156 valence electrons. The van der Waals surface area contributed by atoms with Crippen molar-refractivity contribution in [2.24, 2.45) is 5.10 Å². The topological polar surface area (TPSA) is 79.1 Å². The second-order valence-corrected chi connectivity index (χ2v) is 9.50. The minimum atomic E-state index is -0.225. The molecule has 7 nitrogen and oxygen atoms in total. The van der Waals surface area contributed by atoms with E-state index in [2.05, 4.69) is 38.4 Å². The van der Waals surface area contributed by atoms with Gasteiger partial charge in [0.25, 0.3) is 0 Å². The quantitative estimate of drug-likeness (QED) is 0.489. The molecule has 1 aromatic carbocycles. The van der Waals surface area contributed by atoms with Gasteiger partial charge in [-0.2, -0.15) is 0 Å². The van der Waals surface area contributed by atoms with Crippen molar-refractivity contribution in [2.75, 3.05) is 12.3 Å². The highest BCUT2D eigenvalue weighted by atomic mass is 79.9. The number of thioether (sulfide) groups is 1. The highest BCUT2D eigenvalue weighted by molar-refractivity contribution is 9.10. The molecular formula is C20H20BrN5O2S2. The zero-order valence-electron chi connectivity index (χ0n) is 16.3. The maximum absolute atomic E-state index is 12.5. The van der Waals surface area contributed by atoms with Crippen LogP contribution in [0.1, 0.15) is 25.5 Å². The van der Waals surface area contributed by atoms with Gasteiger partial charge >= 0.3 is 0 Å². The average Bonchev–Trinajstić information content (AvgIpc) is 3.41. The summed E-state index contributed by atoms with van der Waals surface area (Å²) in [6.45, 7) is 2.71. The van der Waals surface area contributed by atoms with Gasteiger partial charge in [-0.05, 0) is 18.6 Å². The summed E-state index contributed by atoms with van der Waals surface area (Å²) in [5, 5.41) is 6.69. The number of rotatable bonds is 7. The number of carbonyl (C=O) groups excluding carboxylic acids is 2. The lowest BCUT2D eigenvalue weighted by Crippen LogP contribution is -2.32. The summed E-state index contributed by atoms with van der Waals surface area (Å²) in [6, 6.07) is 7.96. The molecule has 2 aromatic heterocycles. The van der Waals surface area contributed by atoms with Crippen LogP contribution in [0.25, 0.3) is 16.2 Å². The van der Waals surface area contributed by atoms with Crippen molar-refractivity contribution in [1.82, 2.24) is 19.7 Å². The molecule has 0 unspecified atom stereocenters. The number of unbranched alkanes of at least 4 members (excludes halogenated alkanes) is 1. The molecule has 1 aliphatic heterocycles. The summed E-state index contributed by atoms with van der Waals surface area (Å²) in [7, 11) is 0. The van der Waals surface area contributed by atoms with Gasteiger partial charge in [-0.1, -0.05) is 53.2 Å². The van der Waals surface area contributed by atoms with Gasteiger partial charge < -0.3 is 0 Å². The Kier molecular flexibility index (Phi) is 6.55. The molecule has 3 aromatic rings. The van der Waals surface area contributed by atoms with Crippen molar-refractivity contribution in [3.63, 3.8) is 0 Å². The predicted octanol–water partition coefficient (Wildman–Crippen LogP) is 4.13. The van der Waals surface area contributed by atoms with Gasteiger partial charge in [0.15, 0.2) is 10.1 Å². The molecule has 3 heterocycles. The Morgan fingerprint density at radius 1 is 1.33 bits per heavy atom. The van der Waals surface area contributed by atoms with Crippen LogP contribution in [0, 0.1) is 0 Å². The van der Waals surface area contributed by atoms with E-state index in [-0.39, 0.29) is 18.2 Å². The number of aromatic nitrogens is 2. The highest BCUT2D eigenvalue weighted by Crippen LogP contribution is 2.25. The zero-order chi connectivity index (χ0) is 21.1. The molecule has 0 aliphatic carbocycles. The smallest absolute Gasteiger partial charge is 0.246 e. The van der Waals surface area contributed by atoms with E-state index in [1.165, 1.54) is 23.1 Å². The van der Waals surface area contributed by atoms with Gasteiger partial charge in [-0.25, -0.2) is 10.4 Å². The Bertz CT molecular complexity index is 1110. The summed E-state index contributed by atoms with van der Waals surface area (Å²) in [4.78, 5) is 31.6. The maximum atomic E-state index is 12.5. The number of halogens is 1. The number of thiazole rings is 1. The number of carbonyl (C=O) groups is 2. The number of amidine groups is 1. The number of hydrazone groups is 1. The molecule has 4 rings (SSSR count). The number of hydrogen-bond acceptors (Lipinski definition) is 6. The monoisotopic (exact) mass is 505 g/mol. The summed E-state index contributed by atoms with van der Waals surface area (Å²) in [5.41, 5.74) is 5.33. The summed E-state index contributed by atoms with van der Waals surface area (Å²) in [5.74, 6) is 0.189. The standard InChI is InChI=1S/C20H20BrN5O2S2/c1-2-3-8-25-18(28)12-30-20(25)24-23-17(27)9-15-11-29-19-22-16(10-26(15)19)13-4-6-14(21)7-5-13/h4-7,10-11H,2-3,8-9,12H2,1H3,(H,23,27)/b24-20-. The van der Waals surface area contributed by atoms with Gasteiger partial charge in [0.2, 0.25) is 11.8 Å². The lowest BCUT2D eigenvalue weighted by molar-refractivity contribution is -0.124. The fraction of sp³-hybridized carbons (Fsp3) is 0.300. The van der Waals surface area contributed by atoms with E-state index in [9.17, 15) is 9.59 Å². The van der Waals surface area contributed by atoms with Crippen molar-refractivity contribution in [3.8, 4) is 11.3 Å².